The molecule has 3 aliphatic rings. The summed E-state index contributed by atoms with van der Waals surface area (Å²) in [5.74, 6) is 0. The number of aromatic nitrogens is 1. The van der Waals surface area contributed by atoms with E-state index >= 15 is 0 Å². The Morgan fingerprint density at radius 1 is 0.333 bits per heavy atom. The van der Waals surface area contributed by atoms with E-state index in [1.165, 1.54) is 104 Å². The van der Waals surface area contributed by atoms with E-state index < -0.39 is 0 Å². The van der Waals surface area contributed by atoms with Crippen molar-refractivity contribution >= 4 is 140 Å². The third-order valence-electron chi connectivity index (χ3n) is 16.2. The molecular weight excluding hydrogens is 973 g/mol. The number of para-hydroxylation sites is 6. The maximum atomic E-state index is 3.63. The van der Waals surface area contributed by atoms with Crippen molar-refractivity contribution in [3.8, 4) is 5.69 Å². The summed E-state index contributed by atoms with van der Waals surface area (Å²) in [5.41, 5.74) is 24.4. The second kappa shape index (κ2) is 17.0. The number of fused-ring (bicyclic) bond motifs is 9. The van der Waals surface area contributed by atoms with E-state index in [9.17, 15) is 0 Å². The maximum absolute atomic E-state index is 3.63. The van der Waals surface area contributed by atoms with Crippen LogP contribution in [0.5, 0.6) is 0 Å². The van der Waals surface area contributed by atoms with Crippen molar-refractivity contribution in [2.75, 3.05) is 14.7 Å². The van der Waals surface area contributed by atoms with Crippen LogP contribution in [0.4, 0.5) is 51.2 Å². The predicted molar refractivity (Wildman–Crippen MR) is 323 cm³/mol. The summed E-state index contributed by atoms with van der Waals surface area (Å²) in [6.45, 7) is 13.9. The van der Waals surface area contributed by atoms with Crippen LogP contribution in [0.1, 0.15) is 52.7 Å². The van der Waals surface area contributed by atoms with Crippen LogP contribution in [-0.4, -0.2) is 34.0 Å². The van der Waals surface area contributed by atoms with Gasteiger partial charge in [0, 0.05) is 10.8 Å². The molecule has 0 atom stereocenters. The molecule has 4 heterocycles. The van der Waals surface area contributed by atoms with Gasteiger partial charge in [-0.05, 0) is 12.1 Å². The Balaban J connectivity index is 1.07. The van der Waals surface area contributed by atoms with Crippen molar-refractivity contribution in [1.29, 1.82) is 0 Å². The molecular formula is C68H55B2N4Se. The Morgan fingerprint density at radius 2 is 0.787 bits per heavy atom. The zero-order valence-electron chi connectivity index (χ0n) is 43.2. The fraction of sp³-hybridized carbons (Fsp3) is 0.118. The first kappa shape index (κ1) is 45.6. The van der Waals surface area contributed by atoms with E-state index in [-0.39, 0.29) is 24.3 Å². The van der Waals surface area contributed by atoms with Gasteiger partial charge in [-0.2, -0.15) is 0 Å². The molecule has 75 heavy (non-hydrogen) atoms. The molecule has 0 spiro atoms. The molecule has 0 bridgehead atoms. The third-order valence-corrected chi connectivity index (χ3v) is 16.9. The van der Waals surface area contributed by atoms with Gasteiger partial charge in [-0.25, -0.2) is 0 Å². The summed E-state index contributed by atoms with van der Waals surface area (Å²) >= 11 is 3.63. The monoisotopic (exact) mass is 1030 g/mol. The number of anilines is 9. The van der Waals surface area contributed by atoms with E-state index in [0.29, 0.717) is 0 Å². The molecule has 10 aromatic carbocycles. The first-order chi connectivity index (χ1) is 36.4. The van der Waals surface area contributed by atoms with E-state index in [1.54, 1.807) is 0 Å². The van der Waals surface area contributed by atoms with Crippen molar-refractivity contribution in [2.45, 2.75) is 52.4 Å². The number of rotatable bonds is 5. The van der Waals surface area contributed by atoms with Gasteiger partial charge in [0.2, 0.25) is 0 Å². The quantitative estimate of drug-likeness (QED) is 0.160. The predicted octanol–water partition coefficient (Wildman–Crippen LogP) is 12.6. The molecule has 0 saturated carbocycles. The zero-order valence-corrected chi connectivity index (χ0v) is 44.9. The van der Waals surface area contributed by atoms with Crippen LogP contribution in [0.3, 0.4) is 0 Å². The molecule has 7 heteroatoms. The van der Waals surface area contributed by atoms with Crippen molar-refractivity contribution in [3.63, 3.8) is 0 Å². The standard InChI is InChI=1S/C68H55B2N4Se/c1-67(2,3)44-38-61-65-62(39-44)73(49-26-14-9-15-27-49)60-43-50(74-56-31-19-16-28-51(56)52-29-17-20-32-57(52)74)35-36-54(60)70(65)55-42-46(34-37-59(55)72(61)48-24-12-8-13-25-48)69-53-30-18-21-33-58(53)71(47-22-10-7-11-23-47)63-40-45(68(4,5)6)41-64(75)66(63)69/h7-43H,1-6H3. The molecule has 0 aliphatic carbocycles. The average Bonchev–Trinajstić information content (AvgIpc) is 3.85. The minimum atomic E-state index is -0.141. The van der Waals surface area contributed by atoms with Crippen LogP contribution >= 0.6 is 0 Å². The van der Waals surface area contributed by atoms with Gasteiger partial charge in [-0.15, -0.1) is 0 Å². The molecule has 359 valence electrons. The summed E-state index contributed by atoms with van der Waals surface area (Å²) in [6.07, 6.45) is 0. The number of hydrogen-bond acceptors (Lipinski definition) is 3. The van der Waals surface area contributed by atoms with Gasteiger partial charge in [0.25, 0.3) is 0 Å². The van der Waals surface area contributed by atoms with Crippen LogP contribution < -0.4 is 51.9 Å². The molecule has 4 nitrogen and oxygen atoms in total. The summed E-state index contributed by atoms with van der Waals surface area (Å²) in [6, 6.07) is 84.4. The molecule has 0 saturated heterocycles. The van der Waals surface area contributed by atoms with Crippen LogP contribution in [0, 0.1) is 0 Å². The fourth-order valence-corrected chi connectivity index (χ4v) is 13.3. The molecule has 0 amide bonds. The summed E-state index contributed by atoms with van der Waals surface area (Å²) in [7, 11) is 0. The first-order valence-electron chi connectivity index (χ1n) is 26.4. The number of benzene rings is 10. The van der Waals surface area contributed by atoms with Gasteiger partial charge >= 0.3 is 343 Å². The Bertz CT molecular complexity index is 4030. The first-order valence-corrected chi connectivity index (χ1v) is 27.2. The van der Waals surface area contributed by atoms with E-state index in [0.717, 1.165) is 22.7 Å². The number of nitrogens with zero attached hydrogens (tertiary/aromatic N) is 4. The van der Waals surface area contributed by atoms with E-state index in [2.05, 4.69) is 301 Å². The summed E-state index contributed by atoms with van der Waals surface area (Å²) in [4.78, 5) is 7.61. The fourth-order valence-electron chi connectivity index (χ4n) is 12.6. The van der Waals surface area contributed by atoms with Gasteiger partial charge in [0.15, 0.2) is 0 Å². The molecule has 11 aromatic rings. The van der Waals surface area contributed by atoms with Gasteiger partial charge in [0.05, 0.1) is 11.0 Å². The van der Waals surface area contributed by atoms with Crippen molar-refractivity contribution in [2.24, 2.45) is 0 Å². The molecule has 0 N–H and O–H groups in total. The Kier molecular flexibility index (Phi) is 10.4. The second-order valence-corrected chi connectivity index (χ2v) is 23.6. The van der Waals surface area contributed by atoms with Gasteiger partial charge in [-0.3, -0.25) is 0 Å². The topological polar surface area (TPSA) is 14.7 Å². The molecule has 3 aliphatic heterocycles. The van der Waals surface area contributed by atoms with Gasteiger partial charge in [-0.1, -0.05) is 75.4 Å². The van der Waals surface area contributed by atoms with Crippen molar-refractivity contribution in [1.82, 2.24) is 4.57 Å². The molecule has 1 aromatic heterocycles. The third kappa shape index (κ3) is 7.12. The van der Waals surface area contributed by atoms with E-state index in [4.69, 9.17) is 0 Å². The minimum absolute atomic E-state index is 0.0532. The zero-order chi connectivity index (χ0) is 50.9. The molecule has 14 rings (SSSR count). The van der Waals surface area contributed by atoms with Crippen molar-refractivity contribution in [3.05, 3.63) is 236 Å². The Hall–Kier alpha value is -7.95. The van der Waals surface area contributed by atoms with Crippen LogP contribution in [-0.2, 0) is 10.8 Å². The molecule has 0 unspecified atom stereocenters. The average molecular weight is 1030 g/mol. The Labute approximate surface area is 449 Å². The van der Waals surface area contributed by atoms with Crippen LogP contribution in [0.25, 0.3) is 27.5 Å². The SMILES string of the molecule is CC(C)(C)c1cc([Se])c2c(c1)N(c1ccccc1)c1ccccc1B2c1ccc2c(c1)B1c3ccc(-n4c5ccccc5c5ccccc54)cc3N(c3ccccc3)c3cc(C(C)(C)C)cc(c31)N2c1ccccc1. The van der Waals surface area contributed by atoms with Crippen LogP contribution in [0.2, 0.25) is 0 Å². The van der Waals surface area contributed by atoms with Crippen molar-refractivity contribution < 1.29 is 0 Å². The molecule has 1 radical (unpaired) electrons. The normalized spacial score (nSPS) is 13.7. The van der Waals surface area contributed by atoms with Gasteiger partial charge in [0.1, 0.15) is 0 Å². The number of hydrogen-bond donors (Lipinski definition) is 0. The Morgan fingerprint density at radius 3 is 1.35 bits per heavy atom. The van der Waals surface area contributed by atoms with E-state index in [1.807, 2.05) is 0 Å². The van der Waals surface area contributed by atoms with Gasteiger partial charge < -0.3 is 0 Å². The second-order valence-electron chi connectivity index (χ2n) is 22.7. The van der Waals surface area contributed by atoms with Crippen LogP contribution in [0.15, 0.2) is 224 Å². The molecule has 0 fully saturated rings. The summed E-state index contributed by atoms with van der Waals surface area (Å²) < 4.78 is 3.65. The summed E-state index contributed by atoms with van der Waals surface area (Å²) in [5, 5.41) is 2.51.